The van der Waals surface area contributed by atoms with E-state index in [1.807, 2.05) is 0 Å². The van der Waals surface area contributed by atoms with Gasteiger partial charge in [0.05, 0.1) is 12.2 Å². The topological polar surface area (TPSA) is 29.5 Å². The fourth-order valence-electron chi connectivity index (χ4n) is 2.19. The van der Waals surface area contributed by atoms with Crippen LogP contribution in [0.25, 0.3) is 0 Å². The summed E-state index contributed by atoms with van der Waals surface area (Å²) >= 11 is 0. The van der Waals surface area contributed by atoms with Crippen molar-refractivity contribution in [3.05, 3.63) is 0 Å². The third-order valence-electron chi connectivity index (χ3n) is 3.39. The largest absolute Gasteiger partial charge is 0.390 e. The molecule has 3 atom stereocenters. The van der Waals surface area contributed by atoms with Crippen LogP contribution in [-0.4, -0.2) is 23.9 Å². The first-order chi connectivity index (χ1) is 6.27. The van der Waals surface area contributed by atoms with E-state index in [2.05, 4.69) is 6.92 Å². The molecule has 0 aromatic carbocycles. The van der Waals surface area contributed by atoms with Gasteiger partial charge < -0.3 is 9.84 Å². The second kappa shape index (κ2) is 3.97. The highest BCUT2D eigenvalue weighted by atomic mass is 16.5. The molecule has 0 amide bonds. The van der Waals surface area contributed by atoms with Crippen LogP contribution < -0.4 is 0 Å². The standard InChI is InChI=1S/C11H20O2/c1-8-6-7-13-11(8)10(12)5-4-9-2-3-9/h8-12H,2-7H2,1H3. The summed E-state index contributed by atoms with van der Waals surface area (Å²) in [4.78, 5) is 0. The molecule has 1 aliphatic carbocycles. The normalized spacial score (nSPS) is 36.5. The van der Waals surface area contributed by atoms with E-state index in [1.165, 1.54) is 19.3 Å². The lowest BCUT2D eigenvalue weighted by Crippen LogP contribution is -2.29. The molecule has 13 heavy (non-hydrogen) atoms. The minimum absolute atomic E-state index is 0.124. The van der Waals surface area contributed by atoms with Crippen LogP contribution in [0.2, 0.25) is 0 Å². The van der Waals surface area contributed by atoms with Gasteiger partial charge in [0.15, 0.2) is 0 Å². The Morgan fingerprint density at radius 3 is 2.69 bits per heavy atom. The monoisotopic (exact) mass is 184 g/mol. The quantitative estimate of drug-likeness (QED) is 0.723. The average Bonchev–Trinajstić information content (AvgIpc) is 2.84. The highest BCUT2D eigenvalue weighted by Crippen LogP contribution is 2.35. The molecule has 1 saturated heterocycles. The summed E-state index contributed by atoms with van der Waals surface area (Å²) < 4.78 is 5.53. The second-order valence-electron chi connectivity index (χ2n) is 4.69. The van der Waals surface area contributed by atoms with Gasteiger partial charge in [-0.1, -0.05) is 19.8 Å². The van der Waals surface area contributed by atoms with Gasteiger partial charge in [0.1, 0.15) is 0 Å². The molecule has 76 valence electrons. The zero-order chi connectivity index (χ0) is 9.26. The van der Waals surface area contributed by atoms with Gasteiger partial charge in [0.2, 0.25) is 0 Å². The molecule has 1 aliphatic heterocycles. The molecule has 0 aromatic heterocycles. The Morgan fingerprint density at radius 2 is 2.15 bits per heavy atom. The second-order valence-corrected chi connectivity index (χ2v) is 4.69. The van der Waals surface area contributed by atoms with Crippen molar-refractivity contribution >= 4 is 0 Å². The molecule has 0 radical (unpaired) electrons. The van der Waals surface area contributed by atoms with Crippen molar-refractivity contribution in [1.82, 2.24) is 0 Å². The summed E-state index contributed by atoms with van der Waals surface area (Å²) in [5, 5.41) is 9.87. The number of rotatable bonds is 4. The van der Waals surface area contributed by atoms with Gasteiger partial charge >= 0.3 is 0 Å². The SMILES string of the molecule is CC1CCOC1C(O)CCC1CC1. The molecule has 1 heterocycles. The fraction of sp³-hybridized carbons (Fsp3) is 1.00. The zero-order valence-corrected chi connectivity index (χ0v) is 8.41. The predicted molar refractivity (Wildman–Crippen MR) is 51.5 cm³/mol. The lowest BCUT2D eigenvalue weighted by Gasteiger charge is -2.21. The molecule has 1 N–H and O–H groups in total. The van der Waals surface area contributed by atoms with Gasteiger partial charge in [-0.05, 0) is 31.1 Å². The van der Waals surface area contributed by atoms with Crippen LogP contribution in [0.4, 0.5) is 0 Å². The van der Waals surface area contributed by atoms with Crippen LogP contribution >= 0.6 is 0 Å². The number of hydrogen-bond donors (Lipinski definition) is 1. The van der Waals surface area contributed by atoms with E-state index in [4.69, 9.17) is 4.74 Å². The van der Waals surface area contributed by atoms with E-state index in [0.29, 0.717) is 5.92 Å². The Bertz CT molecular complexity index is 165. The summed E-state index contributed by atoms with van der Waals surface area (Å²) in [5.41, 5.74) is 0. The molecule has 2 aliphatic rings. The number of aliphatic hydroxyl groups is 1. The molecular weight excluding hydrogens is 164 g/mol. The number of aliphatic hydroxyl groups excluding tert-OH is 1. The van der Waals surface area contributed by atoms with E-state index in [1.54, 1.807) is 0 Å². The number of hydrogen-bond acceptors (Lipinski definition) is 2. The Morgan fingerprint density at radius 1 is 1.38 bits per heavy atom. The maximum atomic E-state index is 9.87. The van der Waals surface area contributed by atoms with E-state index in [-0.39, 0.29) is 12.2 Å². The zero-order valence-electron chi connectivity index (χ0n) is 8.41. The third-order valence-corrected chi connectivity index (χ3v) is 3.39. The average molecular weight is 184 g/mol. The van der Waals surface area contributed by atoms with Crippen LogP contribution in [-0.2, 0) is 4.74 Å². The van der Waals surface area contributed by atoms with Crippen molar-refractivity contribution in [1.29, 1.82) is 0 Å². The van der Waals surface area contributed by atoms with Crippen molar-refractivity contribution in [2.75, 3.05) is 6.61 Å². The van der Waals surface area contributed by atoms with Crippen LogP contribution in [0.1, 0.15) is 39.0 Å². The first kappa shape index (κ1) is 9.47. The number of ether oxygens (including phenoxy) is 1. The lowest BCUT2D eigenvalue weighted by atomic mass is 9.96. The first-order valence-electron chi connectivity index (χ1n) is 5.57. The highest BCUT2D eigenvalue weighted by molar-refractivity contribution is 4.82. The summed E-state index contributed by atoms with van der Waals surface area (Å²) in [5.74, 6) is 1.47. The molecule has 0 bridgehead atoms. The fourth-order valence-corrected chi connectivity index (χ4v) is 2.19. The van der Waals surface area contributed by atoms with Gasteiger partial charge in [-0.15, -0.1) is 0 Å². The van der Waals surface area contributed by atoms with E-state index >= 15 is 0 Å². The maximum Gasteiger partial charge on any atom is 0.0860 e. The Hall–Kier alpha value is -0.0800. The van der Waals surface area contributed by atoms with Gasteiger partial charge in [0.25, 0.3) is 0 Å². The molecule has 2 fully saturated rings. The molecule has 1 saturated carbocycles. The Kier molecular flexibility index (Phi) is 2.89. The predicted octanol–water partition coefficient (Wildman–Crippen LogP) is 1.96. The summed E-state index contributed by atoms with van der Waals surface area (Å²) in [6.07, 6.45) is 5.94. The molecule has 0 spiro atoms. The highest BCUT2D eigenvalue weighted by Gasteiger charge is 2.32. The maximum absolute atomic E-state index is 9.87. The first-order valence-corrected chi connectivity index (χ1v) is 5.57. The van der Waals surface area contributed by atoms with Gasteiger partial charge in [-0.3, -0.25) is 0 Å². The van der Waals surface area contributed by atoms with Crippen molar-refractivity contribution < 1.29 is 9.84 Å². The van der Waals surface area contributed by atoms with Gasteiger partial charge in [0, 0.05) is 6.61 Å². The van der Waals surface area contributed by atoms with Crippen LogP contribution in [0.3, 0.4) is 0 Å². The van der Waals surface area contributed by atoms with Crippen molar-refractivity contribution in [2.24, 2.45) is 11.8 Å². The van der Waals surface area contributed by atoms with E-state index in [0.717, 1.165) is 25.4 Å². The minimum Gasteiger partial charge on any atom is -0.390 e. The summed E-state index contributed by atoms with van der Waals surface area (Å²) in [7, 11) is 0. The van der Waals surface area contributed by atoms with Crippen molar-refractivity contribution in [3.63, 3.8) is 0 Å². The molecule has 2 nitrogen and oxygen atoms in total. The van der Waals surface area contributed by atoms with E-state index < -0.39 is 0 Å². The van der Waals surface area contributed by atoms with Crippen LogP contribution in [0, 0.1) is 11.8 Å². The van der Waals surface area contributed by atoms with Crippen LogP contribution in [0.15, 0.2) is 0 Å². The molecular formula is C11H20O2. The summed E-state index contributed by atoms with van der Waals surface area (Å²) in [6.45, 7) is 3.02. The molecule has 3 unspecified atom stereocenters. The third kappa shape index (κ3) is 2.44. The Balaban J connectivity index is 1.71. The van der Waals surface area contributed by atoms with Gasteiger partial charge in [-0.2, -0.15) is 0 Å². The Labute approximate surface area is 80.3 Å². The van der Waals surface area contributed by atoms with Gasteiger partial charge in [-0.25, -0.2) is 0 Å². The van der Waals surface area contributed by atoms with Crippen molar-refractivity contribution in [2.45, 2.75) is 51.2 Å². The summed E-state index contributed by atoms with van der Waals surface area (Å²) in [6, 6.07) is 0. The minimum atomic E-state index is -0.210. The van der Waals surface area contributed by atoms with E-state index in [9.17, 15) is 5.11 Å². The smallest absolute Gasteiger partial charge is 0.0860 e. The lowest BCUT2D eigenvalue weighted by molar-refractivity contribution is -0.0213. The molecule has 2 heteroatoms. The molecule has 2 rings (SSSR count). The molecule has 0 aromatic rings. The van der Waals surface area contributed by atoms with Crippen molar-refractivity contribution in [3.8, 4) is 0 Å². The van der Waals surface area contributed by atoms with Crippen LogP contribution in [0.5, 0.6) is 0 Å².